The molecule has 0 atom stereocenters. The van der Waals surface area contributed by atoms with Gasteiger partial charge in [-0.15, -0.1) is 0 Å². The van der Waals surface area contributed by atoms with Crippen molar-refractivity contribution in [3.8, 4) is 6.07 Å². The molecule has 0 fully saturated rings. The molecule has 0 radical (unpaired) electrons. The third-order valence-electron chi connectivity index (χ3n) is 4.33. The van der Waals surface area contributed by atoms with Crippen molar-refractivity contribution in [2.75, 3.05) is 17.2 Å². The lowest BCUT2D eigenvalue weighted by Gasteiger charge is -2.20. The van der Waals surface area contributed by atoms with Gasteiger partial charge in [0.15, 0.2) is 0 Å². The fraction of sp³-hybridized carbons (Fsp3) is 0.364. The van der Waals surface area contributed by atoms with Crippen molar-refractivity contribution in [2.24, 2.45) is 0 Å². The van der Waals surface area contributed by atoms with Gasteiger partial charge in [-0.25, -0.2) is 0 Å². The number of benzene rings is 2. The van der Waals surface area contributed by atoms with Crippen LogP contribution in [0, 0.1) is 11.3 Å². The number of nitrogens with zero attached hydrogens (tertiary/aromatic N) is 1. The first kappa shape index (κ1) is 19.5. The Labute approximate surface area is 156 Å². The van der Waals surface area contributed by atoms with E-state index in [1.54, 1.807) is 12.1 Å². The quantitative estimate of drug-likeness (QED) is 0.718. The van der Waals surface area contributed by atoms with Gasteiger partial charge >= 0.3 is 0 Å². The van der Waals surface area contributed by atoms with Crippen LogP contribution in [-0.4, -0.2) is 12.5 Å². The molecule has 0 aliphatic heterocycles. The molecule has 0 aliphatic carbocycles. The summed E-state index contributed by atoms with van der Waals surface area (Å²) in [5.74, 6) is 0.697. The summed E-state index contributed by atoms with van der Waals surface area (Å²) in [4.78, 5) is 12.5. The van der Waals surface area contributed by atoms with E-state index in [4.69, 9.17) is 5.26 Å². The van der Waals surface area contributed by atoms with Crippen molar-refractivity contribution in [3.63, 3.8) is 0 Å². The van der Waals surface area contributed by atoms with Gasteiger partial charge in [0.05, 0.1) is 11.6 Å². The van der Waals surface area contributed by atoms with Crippen molar-refractivity contribution in [2.45, 2.75) is 46.0 Å². The first-order valence-corrected chi connectivity index (χ1v) is 9.09. The monoisotopic (exact) mass is 349 g/mol. The van der Waals surface area contributed by atoms with E-state index in [1.165, 1.54) is 11.1 Å². The van der Waals surface area contributed by atoms with E-state index in [1.807, 2.05) is 12.1 Å². The van der Waals surface area contributed by atoms with Crippen LogP contribution < -0.4 is 10.6 Å². The molecule has 0 saturated carbocycles. The van der Waals surface area contributed by atoms with Gasteiger partial charge < -0.3 is 10.6 Å². The molecule has 0 aliphatic rings. The first-order valence-electron chi connectivity index (χ1n) is 9.09. The number of rotatable bonds is 7. The normalized spacial score (nSPS) is 10.7. The Hall–Kier alpha value is -2.80. The molecule has 4 nitrogen and oxygen atoms in total. The summed E-state index contributed by atoms with van der Waals surface area (Å²) in [6, 6.07) is 15.5. The molecule has 1 amide bonds. The van der Waals surface area contributed by atoms with Crippen molar-refractivity contribution in [1.29, 1.82) is 5.26 Å². The van der Waals surface area contributed by atoms with Crippen molar-refractivity contribution < 1.29 is 4.79 Å². The van der Waals surface area contributed by atoms with Gasteiger partial charge in [-0.3, -0.25) is 4.79 Å². The lowest BCUT2D eigenvalue weighted by molar-refractivity contribution is -0.115. The van der Waals surface area contributed by atoms with Crippen LogP contribution in [0.1, 0.15) is 62.6 Å². The number of anilines is 2. The highest BCUT2D eigenvalue weighted by Gasteiger charge is 2.15. The predicted octanol–water partition coefficient (Wildman–Crippen LogP) is 5.25. The summed E-state index contributed by atoms with van der Waals surface area (Å²) in [6.45, 7) is 9.10. The van der Waals surface area contributed by atoms with E-state index in [2.05, 4.69) is 62.6 Å². The molecule has 26 heavy (non-hydrogen) atoms. The second kappa shape index (κ2) is 9.05. The molecular formula is C22H27N3O. The Morgan fingerprint density at radius 1 is 1.00 bits per heavy atom. The van der Waals surface area contributed by atoms with Gasteiger partial charge in [0, 0.05) is 24.3 Å². The zero-order valence-corrected chi connectivity index (χ0v) is 16.0. The summed E-state index contributed by atoms with van der Waals surface area (Å²) in [7, 11) is 0. The summed E-state index contributed by atoms with van der Waals surface area (Å²) in [5, 5.41) is 15.2. The molecule has 0 spiro atoms. The highest BCUT2D eigenvalue weighted by atomic mass is 16.1. The fourth-order valence-electron chi connectivity index (χ4n) is 2.88. The number of hydrogen-bond donors (Lipinski definition) is 2. The van der Waals surface area contributed by atoms with Crippen LogP contribution >= 0.6 is 0 Å². The SMILES string of the molecule is CC(C)c1cccc(C(C)C)c1NC(=O)CCNc1ccc(C#N)cc1. The third-order valence-corrected chi connectivity index (χ3v) is 4.33. The fourth-order valence-corrected chi connectivity index (χ4v) is 2.88. The number of para-hydroxylation sites is 1. The largest absolute Gasteiger partial charge is 0.385 e. The molecule has 2 rings (SSSR count). The number of carbonyl (C=O) groups excluding carboxylic acids is 1. The van der Waals surface area contributed by atoms with Crippen LogP contribution in [-0.2, 0) is 4.79 Å². The Bertz CT molecular complexity index is 760. The minimum atomic E-state index is 0.00106. The standard InChI is InChI=1S/C22H27N3O/c1-15(2)19-6-5-7-20(16(3)4)22(19)25-21(26)12-13-24-18-10-8-17(14-23)9-11-18/h5-11,15-16,24H,12-13H2,1-4H3,(H,25,26). The minimum Gasteiger partial charge on any atom is -0.385 e. The van der Waals surface area contributed by atoms with Gasteiger partial charge in [0.25, 0.3) is 0 Å². The molecule has 4 heteroatoms. The molecule has 0 bridgehead atoms. The summed E-state index contributed by atoms with van der Waals surface area (Å²) >= 11 is 0. The Balaban J connectivity index is 2.00. The van der Waals surface area contributed by atoms with Gasteiger partial charge in [0.1, 0.15) is 0 Å². The van der Waals surface area contributed by atoms with E-state index < -0.39 is 0 Å². The second-order valence-corrected chi connectivity index (χ2v) is 7.03. The average Bonchev–Trinajstić information content (AvgIpc) is 2.62. The van der Waals surface area contributed by atoms with Gasteiger partial charge in [0.2, 0.25) is 5.91 Å². The number of carbonyl (C=O) groups is 1. The lowest BCUT2D eigenvalue weighted by atomic mass is 9.92. The Kier molecular flexibility index (Phi) is 6.80. The van der Waals surface area contributed by atoms with Crippen molar-refractivity contribution in [1.82, 2.24) is 0 Å². The van der Waals surface area contributed by atoms with Gasteiger partial charge in [-0.1, -0.05) is 45.9 Å². The van der Waals surface area contributed by atoms with Gasteiger partial charge in [-0.05, 0) is 47.2 Å². The maximum Gasteiger partial charge on any atom is 0.226 e. The number of amides is 1. The first-order chi connectivity index (χ1) is 12.4. The smallest absolute Gasteiger partial charge is 0.226 e. The lowest BCUT2D eigenvalue weighted by Crippen LogP contribution is -2.18. The average molecular weight is 349 g/mol. The molecule has 0 unspecified atom stereocenters. The zero-order chi connectivity index (χ0) is 19.1. The van der Waals surface area contributed by atoms with Crippen molar-refractivity contribution >= 4 is 17.3 Å². The van der Waals surface area contributed by atoms with Crippen LogP contribution in [0.4, 0.5) is 11.4 Å². The molecular weight excluding hydrogens is 322 g/mol. The second-order valence-electron chi connectivity index (χ2n) is 7.03. The topological polar surface area (TPSA) is 64.9 Å². The maximum absolute atomic E-state index is 12.5. The van der Waals surface area contributed by atoms with E-state index in [9.17, 15) is 4.79 Å². The Morgan fingerprint density at radius 2 is 1.58 bits per heavy atom. The molecule has 0 heterocycles. The van der Waals surface area contributed by atoms with E-state index >= 15 is 0 Å². The Morgan fingerprint density at radius 3 is 2.08 bits per heavy atom. The van der Waals surface area contributed by atoms with Crippen LogP contribution in [0.25, 0.3) is 0 Å². The van der Waals surface area contributed by atoms with Crippen LogP contribution in [0.15, 0.2) is 42.5 Å². The van der Waals surface area contributed by atoms with Crippen LogP contribution in [0.5, 0.6) is 0 Å². The van der Waals surface area contributed by atoms with Crippen molar-refractivity contribution in [3.05, 3.63) is 59.2 Å². The maximum atomic E-state index is 12.5. The molecule has 2 aromatic rings. The predicted molar refractivity (Wildman–Crippen MR) is 108 cm³/mol. The number of hydrogen-bond acceptors (Lipinski definition) is 3. The van der Waals surface area contributed by atoms with Crippen LogP contribution in [0.3, 0.4) is 0 Å². The molecule has 136 valence electrons. The summed E-state index contributed by atoms with van der Waals surface area (Å²) in [6.07, 6.45) is 0.379. The molecule has 0 saturated heterocycles. The number of nitriles is 1. The molecule has 2 aromatic carbocycles. The highest BCUT2D eigenvalue weighted by molar-refractivity contribution is 5.93. The van der Waals surface area contributed by atoms with E-state index in [-0.39, 0.29) is 5.91 Å². The molecule has 2 N–H and O–H groups in total. The molecule has 0 aromatic heterocycles. The van der Waals surface area contributed by atoms with E-state index in [0.717, 1.165) is 11.4 Å². The van der Waals surface area contributed by atoms with Crippen LogP contribution in [0.2, 0.25) is 0 Å². The van der Waals surface area contributed by atoms with Gasteiger partial charge in [-0.2, -0.15) is 5.26 Å². The number of nitrogens with one attached hydrogen (secondary N) is 2. The van der Waals surface area contributed by atoms with E-state index in [0.29, 0.717) is 30.4 Å². The highest BCUT2D eigenvalue weighted by Crippen LogP contribution is 2.32. The summed E-state index contributed by atoms with van der Waals surface area (Å²) in [5.41, 5.74) is 4.83. The zero-order valence-electron chi connectivity index (χ0n) is 16.0. The summed E-state index contributed by atoms with van der Waals surface area (Å²) < 4.78 is 0. The minimum absolute atomic E-state index is 0.00106. The third kappa shape index (κ3) is 5.10.